The smallest absolute Gasteiger partial charge is 0.0642 e. The van der Waals surface area contributed by atoms with Gasteiger partial charge in [-0.15, -0.1) is 0 Å². The standard InChI is InChI=1S/C18H29ClN2/c1-13(2)10-20-11-16-5-6-18(17(19)9-16)21-8-7-14(3)15(4)12-21/h5-6,9,13-15,20H,7-8,10-12H2,1-4H3. The zero-order valence-corrected chi connectivity index (χ0v) is 14.6. The quantitative estimate of drug-likeness (QED) is 0.857. The Kier molecular flexibility index (Phi) is 5.95. The molecule has 0 amide bonds. The van der Waals surface area contributed by atoms with Crippen molar-refractivity contribution in [1.82, 2.24) is 5.32 Å². The molecule has 0 saturated carbocycles. The summed E-state index contributed by atoms with van der Waals surface area (Å²) < 4.78 is 0. The summed E-state index contributed by atoms with van der Waals surface area (Å²) >= 11 is 6.52. The van der Waals surface area contributed by atoms with Gasteiger partial charge in [0, 0.05) is 19.6 Å². The first-order valence-corrected chi connectivity index (χ1v) is 8.59. The molecule has 3 heteroatoms. The molecule has 1 aliphatic heterocycles. The van der Waals surface area contributed by atoms with Crippen LogP contribution in [0.1, 0.15) is 39.7 Å². The molecule has 2 unspecified atom stereocenters. The molecule has 1 saturated heterocycles. The number of hydrogen-bond acceptors (Lipinski definition) is 2. The second kappa shape index (κ2) is 7.51. The van der Waals surface area contributed by atoms with E-state index in [4.69, 9.17) is 11.6 Å². The summed E-state index contributed by atoms with van der Waals surface area (Å²) in [5.74, 6) is 2.23. The van der Waals surface area contributed by atoms with Crippen molar-refractivity contribution in [3.05, 3.63) is 28.8 Å². The second-order valence-electron chi connectivity index (χ2n) is 7.00. The van der Waals surface area contributed by atoms with Crippen LogP contribution in [0.2, 0.25) is 5.02 Å². The average Bonchev–Trinajstić information content (AvgIpc) is 2.42. The van der Waals surface area contributed by atoms with Gasteiger partial charge in [-0.05, 0) is 48.4 Å². The molecule has 2 atom stereocenters. The van der Waals surface area contributed by atoms with Gasteiger partial charge in [-0.3, -0.25) is 0 Å². The molecule has 0 aromatic heterocycles. The third-order valence-corrected chi connectivity index (χ3v) is 4.87. The number of piperidine rings is 1. The van der Waals surface area contributed by atoms with Crippen LogP contribution in [0, 0.1) is 17.8 Å². The number of hydrogen-bond donors (Lipinski definition) is 1. The maximum Gasteiger partial charge on any atom is 0.0642 e. The molecule has 1 heterocycles. The van der Waals surface area contributed by atoms with Gasteiger partial charge in [0.15, 0.2) is 0 Å². The lowest BCUT2D eigenvalue weighted by Crippen LogP contribution is -2.38. The Labute approximate surface area is 134 Å². The molecule has 0 aliphatic carbocycles. The summed E-state index contributed by atoms with van der Waals surface area (Å²) in [6.45, 7) is 13.3. The van der Waals surface area contributed by atoms with Crippen LogP contribution in [-0.2, 0) is 6.54 Å². The largest absolute Gasteiger partial charge is 0.370 e. The average molecular weight is 309 g/mol. The van der Waals surface area contributed by atoms with Gasteiger partial charge in [0.25, 0.3) is 0 Å². The van der Waals surface area contributed by atoms with Crippen LogP contribution >= 0.6 is 11.6 Å². The Hall–Kier alpha value is -0.730. The minimum absolute atomic E-state index is 0.677. The lowest BCUT2D eigenvalue weighted by molar-refractivity contribution is 0.324. The van der Waals surface area contributed by atoms with Gasteiger partial charge in [0.2, 0.25) is 0 Å². The van der Waals surface area contributed by atoms with Crippen LogP contribution in [0.25, 0.3) is 0 Å². The highest BCUT2D eigenvalue weighted by atomic mass is 35.5. The van der Waals surface area contributed by atoms with Gasteiger partial charge < -0.3 is 10.2 Å². The lowest BCUT2D eigenvalue weighted by atomic mass is 9.88. The first kappa shape index (κ1) is 16.6. The van der Waals surface area contributed by atoms with Gasteiger partial charge in [-0.25, -0.2) is 0 Å². The molecule has 1 N–H and O–H groups in total. The molecule has 0 bridgehead atoms. The van der Waals surface area contributed by atoms with Gasteiger partial charge in [0.1, 0.15) is 0 Å². The number of anilines is 1. The van der Waals surface area contributed by atoms with Crippen molar-refractivity contribution in [3.63, 3.8) is 0 Å². The van der Waals surface area contributed by atoms with E-state index in [-0.39, 0.29) is 0 Å². The molecule has 2 nitrogen and oxygen atoms in total. The van der Waals surface area contributed by atoms with Crippen molar-refractivity contribution in [2.45, 2.75) is 40.7 Å². The maximum absolute atomic E-state index is 6.52. The highest BCUT2D eigenvalue weighted by molar-refractivity contribution is 6.33. The Morgan fingerprint density at radius 3 is 2.67 bits per heavy atom. The van der Waals surface area contributed by atoms with Crippen molar-refractivity contribution >= 4 is 17.3 Å². The number of nitrogens with one attached hydrogen (secondary N) is 1. The van der Waals surface area contributed by atoms with E-state index in [2.05, 4.69) is 56.1 Å². The highest BCUT2D eigenvalue weighted by Gasteiger charge is 2.23. The maximum atomic E-state index is 6.52. The Morgan fingerprint density at radius 1 is 1.29 bits per heavy atom. The normalized spacial score (nSPS) is 22.9. The molecular weight excluding hydrogens is 280 g/mol. The van der Waals surface area contributed by atoms with Crippen LogP contribution in [0.4, 0.5) is 5.69 Å². The first-order chi connectivity index (χ1) is 9.97. The van der Waals surface area contributed by atoms with E-state index >= 15 is 0 Å². The van der Waals surface area contributed by atoms with Gasteiger partial charge in [-0.1, -0.05) is 45.4 Å². The van der Waals surface area contributed by atoms with Gasteiger partial charge in [0.05, 0.1) is 10.7 Å². The van der Waals surface area contributed by atoms with Crippen LogP contribution in [0.5, 0.6) is 0 Å². The summed E-state index contributed by atoms with van der Waals surface area (Å²) in [5, 5.41) is 4.36. The van der Waals surface area contributed by atoms with E-state index in [1.165, 1.54) is 17.7 Å². The summed E-state index contributed by atoms with van der Waals surface area (Å²) in [7, 11) is 0. The van der Waals surface area contributed by atoms with E-state index < -0.39 is 0 Å². The number of benzene rings is 1. The SMILES string of the molecule is CC(C)CNCc1ccc(N2CCC(C)C(C)C2)c(Cl)c1. The third-order valence-electron chi connectivity index (χ3n) is 4.57. The Morgan fingerprint density at radius 2 is 2.05 bits per heavy atom. The van der Waals surface area contributed by atoms with Crippen LogP contribution < -0.4 is 10.2 Å². The number of rotatable bonds is 5. The summed E-state index contributed by atoms with van der Waals surface area (Å²) in [5.41, 5.74) is 2.46. The highest BCUT2D eigenvalue weighted by Crippen LogP contribution is 2.32. The topological polar surface area (TPSA) is 15.3 Å². The first-order valence-electron chi connectivity index (χ1n) is 8.21. The predicted molar refractivity (Wildman–Crippen MR) is 93.2 cm³/mol. The van der Waals surface area contributed by atoms with Crippen LogP contribution in [0.15, 0.2) is 18.2 Å². The minimum atomic E-state index is 0.677. The molecule has 0 radical (unpaired) electrons. The van der Waals surface area contributed by atoms with Crippen molar-refractivity contribution in [1.29, 1.82) is 0 Å². The summed E-state index contributed by atoms with van der Waals surface area (Å²) in [6.07, 6.45) is 1.26. The van der Waals surface area contributed by atoms with E-state index in [0.29, 0.717) is 5.92 Å². The van der Waals surface area contributed by atoms with Crippen molar-refractivity contribution in [3.8, 4) is 0 Å². The van der Waals surface area contributed by atoms with Crippen LogP contribution in [-0.4, -0.2) is 19.6 Å². The fourth-order valence-corrected chi connectivity index (χ4v) is 3.23. The molecule has 118 valence electrons. The third kappa shape index (κ3) is 4.62. The Balaban J connectivity index is 1.99. The minimum Gasteiger partial charge on any atom is -0.370 e. The fourth-order valence-electron chi connectivity index (χ4n) is 2.90. The number of nitrogens with zero attached hydrogens (tertiary/aromatic N) is 1. The fraction of sp³-hybridized carbons (Fsp3) is 0.667. The van der Waals surface area contributed by atoms with Crippen LogP contribution in [0.3, 0.4) is 0 Å². The molecule has 0 spiro atoms. The molecule has 1 aromatic rings. The molecule has 1 aromatic carbocycles. The van der Waals surface area contributed by atoms with Crippen molar-refractivity contribution in [2.75, 3.05) is 24.5 Å². The predicted octanol–water partition coefficient (Wildman–Crippen LogP) is 4.57. The van der Waals surface area contributed by atoms with E-state index in [9.17, 15) is 0 Å². The molecule has 2 rings (SSSR count). The number of halogens is 1. The van der Waals surface area contributed by atoms with Gasteiger partial charge in [-0.2, -0.15) is 0 Å². The van der Waals surface area contributed by atoms with Crippen molar-refractivity contribution < 1.29 is 0 Å². The monoisotopic (exact) mass is 308 g/mol. The summed E-state index contributed by atoms with van der Waals surface area (Å²) in [6, 6.07) is 6.52. The molecule has 1 fully saturated rings. The second-order valence-corrected chi connectivity index (χ2v) is 7.41. The summed E-state index contributed by atoms with van der Waals surface area (Å²) in [4.78, 5) is 2.44. The lowest BCUT2D eigenvalue weighted by Gasteiger charge is -2.37. The Bertz CT molecular complexity index is 459. The molecular formula is C18H29ClN2. The van der Waals surface area contributed by atoms with Gasteiger partial charge >= 0.3 is 0 Å². The zero-order valence-electron chi connectivity index (χ0n) is 13.8. The van der Waals surface area contributed by atoms with E-state index in [1.807, 2.05) is 0 Å². The van der Waals surface area contributed by atoms with Crippen molar-refractivity contribution in [2.24, 2.45) is 17.8 Å². The molecule has 21 heavy (non-hydrogen) atoms. The van der Waals surface area contributed by atoms with E-state index in [1.54, 1.807) is 0 Å². The van der Waals surface area contributed by atoms with E-state index in [0.717, 1.165) is 43.0 Å². The zero-order chi connectivity index (χ0) is 15.4. The molecule has 1 aliphatic rings.